The highest BCUT2D eigenvalue weighted by Crippen LogP contribution is 2.28. The molecule has 0 bridgehead atoms. The van der Waals surface area contributed by atoms with Crippen LogP contribution in [-0.2, 0) is 56.8 Å². The van der Waals surface area contributed by atoms with E-state index in [4.69, 9.17) is 56.8 Å². The van der Waals surface area contributed by atoms with Gasteiger partial charge in [-0.2, -0.15) is 0 Å². The van der Waals surface area contributed by atoms with Crippen LogP contribution in [-0.4, -0.2) is 175 Å². The Kier molecular flexibility index (Phi) is 31.5. The third-order valence-electron chi connectivity index (χ3n) is 6.10. The summed E-state index contributed by atoms with van der Waals surface area (Å²) >= 11 is 0. The monoisotopic (exact) mass is 725 g/mol. The Morgan fingerprint density at radius 1 is 0.460 bits per heavy atom. The van der Waals surface area contributed by atoms with Gasteiger partial charge in [-0.1, -0.05) is 0 Å². The van der Waals surface area contributed by atoms with Crippen molar-refractivity contribution >= 4 is 17.1 Å². The van der Waals surface area contributed by atoms with Gasteiger partial charge in [-0.15, -0.1) is 0 Å². The molecule has 0 aromatic heterocycles. The average molecular weight is 726 g/mol. The molecule has 0 fully saturated rings. The predicted octanol–water partition coefficient (Wildman–Crippen LogP) is 1.74. The van der Waals surface area contributed by atoms with Crippen LogP contribution < -0.4 is 5.32 Å². The molecule has 0 amide bonds. The average Bonchev–Trinajstić information content (AvgIpc) is 3.11. The molecule has 0 saturated carbocycles. The molecule has 19 nitrogen and oxygen atoms in total. The molecule has 290 valence electrons. The lowest BCUT2D eigenvalue weighted by molar-refractivity contribution is -0.393. The maximum Gasteiger partial charge on any atom is 0.299 e. The lowest BCUT2D eigenvalue weighted by Gasteiger charge is -2.09. The van der Waals surface area contributed by atoms with E-state index in [1.54, 1.807) is 7.11 Å². The molecule has 0 spiro atoms. The molecule has 0 saturated heterocycles. The minimum Gasteiger partial charge on any atom is -0.382 e. The third-order valence-corrected chi connectivity index (χ3v) is 6.10. The van der Waals surface area contributed by atoms with E-state index >= 15 is 0 Å². The molecule has 0 heterocycles. The van der Waals surface area contributed by atoms with E-state index in [0.717, 1.165) is 6.07 Å². The van der Waals surface area contributed by atoms with Gasteiger partial charge in [-0.05, 0) is 6.07 Å². The van der Waals surface area contributed by atoms with Gasteiger partial charge in [0.25, 0.3) is 11.4 Å². The van der Waals surface area contributed by atoms with Crippen molar-refractivity contribution in [2.45, 2.75) is 0 Å². The van der Waals surface area contributed by atoms with E-state index in [1.165, 1.54) is 12.1 Å². The number of ether oxygens (including phenoxy) is 12. The quantitative estimate of drug-likeness (QED) is 0.0582. The minimum absolute atomic E-state index is 0.185. The van der Waals surface area contributed by atoms with E-state index in [9.17, 15) is 20.2 Å². The molecule has 19 heteroatoms. The first-order chi connectivity index (χ1) is 24.6. The summed E-state index contributed by atoms with van der Waals surface area (Å²) in [6.45, 7) is 11.0. The van der Waals surface area contributed by atoms with Gasteiger partial charge in [0, 0.05) is 19.7 Å². The molecular weight excluding hydrogens is 670 g/mol. The summed E-state index contributed by atoms with van der Waals surface area (Å²) in [5, 5.41) is 24.8. The second-order valence-corrected chi connectivity index (χ2v) is 9.87. The maximum absolute atomic E-state index is 11.1. The number of hydrogen-bond donors (Lipinski definition) is 1. The number of nitrogens with zero attached hydrogens (tertiary/aromatic N) is 2. The lowest BCUT2D eigenvalue weighted by Crippen LogP contribution is -2.16. The SMILES string of the molecule is COCCOCCOCCOCCOCCOCCOCCOCCOCCOCCOCCOCCNc1ccc([N+](=O)[O-])cc1[N+](=O)[O-]. The zero-order chi connectivity index (χ0) is 36.2. The van der Waals surface area contributed by atoms with Crippen LogP contribution in [0.15, 0.2) is 18.2 Å². The largest absolute Gasteiger partial charge is 0.382 e. The van der Waals surface area contributed by atoms with Gasteiger partial charge in [-0.3, -0.25) is 20.2 Å². The van der Waals surface area contributed by atoms with E-state index in [-0.39, 0.29) is 30.2 Å². The summed E-state index contributed by atoms with van der Waals surface area (Å²) < 4.78 is 64.6. The van der Waals surface area contributed by atoms with Crippen molar-refractivity contribution in [3.63, 3.8) is 0 Å². The Hall–Kier alpha value is -2.66. The van der Waals surface area contributed by atoms with Crippen molar-refractivity contribution in [2.24, 2.45) is 0 Å². The standard InChI is InChI=1S/C31H55N3O16/c1-39-6-7-41-10-11-43-14-15-45-18-19-47-22-23-49-26-27-50-25-24-48-21-20-46-17-16-44-13-12-42-9-8-40-5-4-32-30-3-2-29(33(35)36)28-31(30)34(37)38/h2-3,28,32H,4-27H2,1H3. The summed E-state index contributed by atoms with van der Waals surface area (Å²) in [6.07, 6.45) is 0. The fourth-order valence-corrected chi connectivity index (χ4v) is 3.64. The maximum atomic E-state index is 11.1. The highest BCUT2D eigenvalue weighted by molar-refractivity contribution is 5.65. The van der Waals surface area contributed by atoms with Gasteiger partial charge in [0.2, 0.25) is 0 Å². The van der Waals surface area contributed by atoms with Crippen LogP contribution in [0.1, 0.15) is 0 Å². The van der Waals surface area contributed by atoms with Gasteiger partial charge in [0.15, 0.2) is 0 Å². The zero-order valence-corrected chi connectivity index (χ0v) is 29.1. The third kappa shape index (κ3) is 28.1. The van der Waals surface area contributed by atoms with E-state index in [2.05, 4.69) is 5.32 Å². The summed E-state index contributed by atoms with van der Waals surface area (Å²) in [4.78, 5) is 20.6. The Bertz CT molecular complexity index is 949. The van der Waals surface area contributed by atoms with Crippen molar-refractivity contribution in [2.75, 3.05) is 171 Å². The fraction of sp³-hybridized carbons (Fsp3) is 0.806. The van der Waals surface area contributed by atoms with E-state index in [1.807, 2.05) is 0 Å². The first-order valence-corrected chi connectivity index (χ1v) is 16.6. The van der Waals surface area contributed by atoms with Crippen LogP contribution in [0.4, 0.5) is 17.1 Å². The molecule has 1 aromatic rings. The van der Waals surface area contributed by atoms with Crippen LogP contribution in [0.3, 0.4) is 0 Å². The molecular formula is C31H55N3O16. The first-order valence-electron chi connectivity index (χ1n) is 16.6. The minimum atomic E-state index is -0.682. The number of benzene rings is 1. The molecule has 50 heavy (non-hydrogen) atoms. The number of methoxy groups -OCH3 is 1. The molecule has 0 atom stereocenters. The molecule has 1 N–H and O–H groups in total. The van der Waals surface area contributed by atoms with Gasteiger partial charge >= 0.3 is 0 Å². The molecule has 1 rings (SSSR count). The van der Waals surface area contributed by atoms with Gasteiger partial charge < -0.3 is 62.2 Å². The zero-order valence-electron chi connectivity index (χ0n) is 29.1. The highest BCUT2D eigenvalue weighted by atomic mass is 16.6. The molecule has 0 radical (unpaired) electrons. The number of nitro benzene ring substituents is 2. The summed E-state index contributed by atoms with van der Waals surface area (Å²) in [6, 6.07) is 3.43. The highest BCUT2D eigenvalue weighted by Gasteiger charge is 2.19. The Labute approximate surface area is 293 Å². The van der Waals surface area contributed by atoms with Gasteiger partial charge in [-0.25, -0.2) is 0 Å². The van der Waals surface area contributed by atoms with E-state index < -0.39 is 9.85 Å². The lowest BCUT2D eigenvalue weighted by atomic mass is 10.2. The molecule has 0 aliphatic rings. The van der Waals surface area contributed by atoms with Crippen LogP contribution in [0.25, 0.3) is 0 Å². The van der Waals surface area contributed by atoms with Crippen molar-refractivity contribution in [1.82, 2.24) is 0 Å². The van der Waals surface area contributed by atoms with Crippen LogP contribution in [0.5, 0.6) is 0 Å². The second kappa shape index (κ2) is 34.8. The number of anilines is 1. The Morgan fingerprint density at radius 3 is 1.04 bits per heavy atom. The van der Waals surface area contributed by atoms with Crippen molar-refractivity contribution < 1.29 is 66.7 Å². The van der Waals surface area contributed by atoms with Crippen LogP contribution >= 0.6 is 0 Å². The second-order valence-electron chi connectivity index (χ2n) is 9.87. The number of hydrogen-bond acceptors (Lipinski definition) is 17. The van der Waals surface area contributed by atoms with Gasteiger partial charge in [0.1, 0.15) is 5.69 Å². The molecule has 0 unspecified atom stereocenters. The first kappa shape index (κ1) is 45.4. The summed E-state index contributed by atoms with van der Waals surface area (Å²) in [7, 11) is 1.64. The van der Waals surface area contributed by atoms with Crippen molar-refractivity contribution in [3.8, 4) is 0 Å². The fourth-order valence-electron chi connectivity index (χ4n) is 3.64. The normalized spacial score (nSPS) is 11.3. The van der Waals surface area contributed by atoms with Crippen molar-refractivity contribution in [3.05, 3.63) is 38.4 Å². The Balaban J connectivity index is 1.71. The van der Waals surface area contributed by atoms with Gasteiger partial charge in [0.05, 0.1) is 168 Å². The van der Waals surface area contributed by atoms with E-state index in [0.29, 0.717) is 145 Å². The smallest absolute Gasteiger partial charge is 0.299 e. The van der Waals surface area contributed by atoms with Crippen LogP contribution in [0.2, 0.25) is 0 Å². The molecule has 0 aliphatic heterocycles. The van der Waals surface area contributed by atoms with Crippen LogP contribution in [0, 0.1) is 20.2 Å². The number of non-ortho nitro benzene ring substituents is 1. The molecule has 1 aromatic carbocycles. The summed E-state index contributed by atoms with van der Waals surface area (Å²) in [5.74, 6) is 0. The Morgan fingerprint density at radius 2 is 0.760 bits per heavy atom. The predicted molar refractivity (Wildman–Crippen MR) is 179 cm³/mol. The molecule has 0 aliphatic carbocycles. The summed E-state index contributed by atoms with van der Waals surface area (Å²) in [5.41, 5.74) is -0.528. The number of nitro groups is 2. The number of nitrogens with one attached hydrogen (secondary N) is 1. The topological polar surface area (TPSA) is 209 Å². The van der Waals surface area contributed by atoms with Crippen molar-refractivity contribution in [1.29, 1.82) is 0 Å². The number of rotatable bonds is 39.